The maximum Gasteiger partial charge on any atom is 0.491 e. The Balaban J connectivity index is 1.66. The minimum Gasteiger partial charge on any atom is -0.465 e. The first-order valence-corrected chi connectivity index (χ1v) is 12.0. The van der Waals surface area contributed by atoms with Gasteiger partial charge in [0.05, 0.1) is 23.2 Å². The van der Waals surface area contributed by atoms with E-state index in [4.69, 9.17) is 0 Å². The summed E-state index contributed by atoms with van der Waals surface area (Å²) in [6, 6.07) is 18.0. The summed E-state index contributed by atoms with van der Waals surface area (Å²) < 4.78 is 75.2. The molecule has 0 amide bonds. The SMILES string of the molecule is COC(=O)c1ccc(NS(=O)(=O)c2cccc(-c3ccc4ncccc4c3)c2)cc1OC(=O)C(F)(F)F. The number of sulfonamides is 1. The number of halogens is 3. The van der Waals surface area contributed by atoms with Crippen LogP contribution >= 0.6 is 0 Å². The number of nitrogens with one attached hydrogen (secondary N) is 1. The topological polar surface area (TPSA) is 112 Å². The Bertz CT molecular complexity index is 1620. The van der Waals surface area contributed by atoms with Crippen LogP contribution in [0.5, 0.6) is 5.75 Å². The van der Waals surface area contributed by atoms with Gasteiger partial charge in [0.1, 0.15) is 11.3 Å². The number of esters is 2. The number of fused-ring (bicyclic) bond motifs is 1. The van der Waals surface area contributed by atoms with E-state index in [1.807, 2.05) is 12.1 Å². The number of hydrogen-bond acceptors (Lipinski definition) is 7. The van der Waals surface area contributed by atoms with Crippen LogP contribution in [0.4, 0.5) is 18.9 Å². The molecule has 190 valence electrons. The Morgan fingerprint density at radius 2 is 1.68 bits per heavy atom. The Hall–Kier alpha value is -4.45. The van der Waals surface area contributed by atoms with Crippen molar-refractivity contribution in [1.29, 1.82) is 0 Å². The fraction of sp³-hybridized carbons (Fsp3) is 0.0800. The second kappa shape index (κ2) is 9.90. The number of pyridine rings is 1. The van der Waals surface area contributed by atoms with Gasteiger partial charge in [0, 0.05) is 17.6 Å². The molecule has 4 rings (SSSR count). The molecule has 0 aliphatic carbocycles. The molecule has 4 aromatic rings. The maximum atomic E-state index is 13.1. The van der Waals surface area contributed by atoms with E-state index in [0.717, 1.165) is 41.8 Å². The molecule has 0 unspecified atom stereocenters. The molecule has 0 atom stereocenters. The number of carbonyl (C=O) groups excluding carboxylic acids is 2. The highest BCUT2D eigenvalue weighted by atomic mass is 32.2. The van der Waals surface area contributed by atoms with Gasteiger partial charge in [-0.2, -0.15) is 13.2 Å². The summed E-state index contributed by atoms with van der Waals surface area (Å²) in [6.07, 6.45) is -3.68. The minimum absolute atomic E-state index is 0.137. The van der Waals surface area contributed by atoms with E-state index in [1.54, 1.807) is 30.5 Å². The summed E-state index contributed by atoms with van der Waals surface area (Å²) in [6.45, 7) is 0. The van der Waals surface area contributed by atoms with Gasteiger partial charge in [-0.25, -0.2) is 18.0 Å². The molecule has 0 bridgehead atoms. The van der Waals surface area contributed by atoms with Gasteiger partial charge in [-0.3, -0.25) is 9.71 Å². The number of alkyl halides is 3. The Labute approximate surface area is 208 Å². The van der Waals surface area contributed by atoms with Gasteiger partial charge in [0.25, 0.3) is 10.0 Å². The quantitative estimate of drug-likeness (QED) is 0.277. The van der Waals surface area contributed by atoms with Gasteiger partial charge in [0.2, 0.25) is 0 Å². The van der Waals surface area contributed by atoms with Gasteiger partial charge in [-0.05, 0) is 53.6 Å². The van der Waals surface area contributed by atoms with E-state index in [-0.39, 0.29) is 10.6 Å². The van der Waals surface area contributed by atoms with Gasteiger partial charge in [0.15, 0.2) is 0 Å². The fourth-order valence-corrected chi connectivity index (χ4v) is 4.51. The molecule has 0 saturated heterocycles. The molecule has 37 heavy (non-hydrogen) atoms. The third kappa shape index (κ3) is 5.70. The van der Waals surface area contributed by atoms with Crippen LogP contribution in [0.3, 0.4) is 0 Å². The van der Waals surface area contributed by atoms with Gasteiger partial charge >= 0.3 is 18.1 Å². The predicted molar refractivity (Wildman–Crippen MR) is 127 cm³/mol. The van der Waals surface area contributed by atoms with Gasteiger partial charge in [-0.1, -0.05) is 24.3 Å². The maximum absolute atomic E-state index is 13.1. The first kappa shape index (κ1) is 25.6. The largest absolute Gasteiger partial charge is 0.491 e. The van der Waals surface area contributed by atoms with Crippen LogP contribution in [-0.4, -0.2) is 38.6 Å². The lowest BCUT2D eigenvalue weighted by Crippen LogP contribution is -2.28. The van der Waals surface area contributed by atoms with Crippen molar-refractivity contribution < 1.29 is 40.7 Å². The number of rotatable bonds is 6. The molecular weight excluding hydrogens is 513 g/mol. The highest BCUT2D eigenvalue weighted by Gasteiger charge is 2.42. The van der Waals surface area contributed by atoms with E-state index in [0.29, 0.717) is 5.56 Å². The number of ether oxygens (including phenoxy) is 2. The van der Waals surface area contributed by atoms with Crippen LogP contribution in [0.2, 0.25) is 0 Å². The highest BCUT2D eigenvalue weighted by molar-refractivity contribution is 7.92. The van der Waals surface area contributed by atoms with Crippen molar-refractivity contribution >= 4 is 38.6 Å². The molecule has 1 heterocycles. The lowest BCUT2D eigenvalue weighted by atomic mass is 10.0. The fourth-order valence-electron chi connectivity index (χ4n) is 3.42. The lowest BCUT2D eigenvalue weighted by Gasteiger charge is -2.14. The number of methoxy groups -OCH3 is 1. The first-order chi connectivity index (χ1) is 17.5. The second-order valence-corrected chi connectivity index (χ2v) is 9.32. The number of nitrogens with zero attached hydrogens (tertiary/aromatic N) is 1. The Morgan fingerprint density at radius 1 is 0.919 bits per heavy atom. The van der Waals surface area contributed by atoms with Gasteiger partial charge in [-0.15, -0.1) is 0 Å². The average molecular weight is 530 g/mol. The van der Waals surface area contributed by atoms with E-state index in [1.165, 1.54) is 18.2 Å². The minimum atomic E-state index is -5.35. The molecular formula is C25H17F3N2O6S. The molecule has 0 radical (unpaired) electrons. The zero-order chi connectivity index (χ0) is 26.8. The Morgan fingerprint density at radius 3 is 2.41 bits per heavy atom. The zero-order valence-corrected chi connectivity index (χ0v) is 19.8. The van der Waals surface area contributed by atoms with Crippen LogP contribution < -0.4 is 9.46 Å². The average Bonchev–Trinajstić information content (AvgIpc) is 2.87. The number of benzene rings is 3. The van der Waals surface area contributed by atoms with Crippen LogP contribution in [0.1, 0.15) is 10.4 Å². The summed E-state index contributed by atoms with van der Waals surface area (Å²) in [5.41, 5.74) is 1.35. The number of aromatic nitrogens is 1. The van der Waals surface area contributed by atoms with Crippen molar-refractivity contribution in [3.8, 4) is 16.9 Å². The van der Waals surface area contributed by atoms with Crippen LogP contribution in [0.15, 0.2) is 83.9 Å². The summed E-state index contributed by atoms with van der Waals surface area (Å²) in [5.74, 6) is -4.50. The van der Waals surface area contributed by atoms with Crippen LogP contribution in [0.25, 0.3) is 22.0 Å². The van der Waals surface area contributed by atoms with Crippen LogP contribution in [-0.2, 0) is 19.6 Å². The third-order valence-corrected chi connectivity index (χ3v) is 6.53. The number of carbonyl (C=O) groups is 2. The molecule has 8 nitrogen and oxygen atoms in total. The molecule has 0 spiro atoms. The summed E-state index contributed by atoms with van der Waals surface area (Å²) >= 11 is 0. The first-order valence-electron chi connectivity index (χ1n) is 10.5. The van der Waals surface area contributed by atoms with E-state index in [9.17, 15) is 31.2 Å². The van der Waals surface area contributed by atoms with Crippen molar-refractivity contribution in [2.45, 2.75) is 11.1 Å². The molecule has 0 fully saturated rings. The molecule has 1 N–H and O–H groups in total. The lowest BCUT2D eigenvalue weighted by molar-refractivity contribution is -0.189. The highest BCUT2D eigenvalue weighted by Crippen LogP contribution is 2.30. The van der Waals surface area contributed by atoms with Crippen molar-refractivity contribution in [3.63, 3.8) is 0 Å². The van der Waals surface area contributed by atoms with Gasteiger partial charge < -0.3 is 9.47 Å². The Kier molecular flexibility index (Phi) is 6.86. The predicted octanol–water partition coefficient (Wildman–Crippen LogP) is 4.96. The normalized spacial score (nSPS) is 11.7. The molecule has 12 heteroatoms. The van der Waals surface area contributed by atoms with Crippen molar-refractivity contribution in [2.24, 2.45) is 0 Å². The molecule has 0 aliphatic heterocycles. The standard InChI is InChI=1S/C25H17F3N2O6S/c1-35-23(31)20-9-8-18(14-22(20)36-24(32)25(26,27)28)30-37(33,34)19-6-2-4-15(13-19)16-7-10-21-17(12-16)5-3-11-29-21/h2-14,30H,1H3. The van der Waals surface area contributed by atoms with E-state index in [2.05, 4.69) is 19.2 Å². The molecule has 0 saturated carbocycles. The van der Waals surface area contributed by atoms with Crippen molar-refractivity contribution in [2.75, 3.05) is 11.8 Å². The zero-order valence-electron chi connectivity index (χ0n) is 18.9. The molecule has 1 aromatic heterocycles. The van der Waals surface area contributed by atoms with E-state index < -0.39 is 39.5 Å². The van der Waals surface area contributed by atoms with Crippen molar-refractivity contribution in [1.82, 2.24) is 4.98 Å². The monoisotopic (exact) mass is 530 g/mol. The number of anilines is 1. The third-order valence-electron chi connectivity index (χ3n) is 5.15. The smallest absolute Gasteiger partial charge is 0.465 e. The second-order valence-electron chi connectivity index (χ2n) is 7.63. The summed E-state index contributed by atoms with van der Waals surface area (Å²) in [7, 11) is -3.26. The van der Waals surface area contributed by atoms with E-state index >= 15 is 0 Å². The number of hydrogen-bond donors (Lipinski definition) is 1. The molecule has 0 aliphatic rings. The summed E-state index contributed by atoms with van der Waals surface area (Å²) in [5, 5.41) is 0.859. The van der Waals surface area contributed by atoms with Crippen LogP contribution in [0, 0.1) is 0 Å². The van der Waals surface area contributed by atoms with Crippen molar-refractivity contribution in [3.05, 3.63) is 84.6 Å². The molecule has 3 aromatic carbocycles. The summed E-state index contributed by atoms with van der Waals surface area (Å²) in [4.78, 5) is 27.3.